The molecule has 1 saturated heterocycles. The SMILES string of the molecule is O=C(NCCc1ccco1)c1ccc(N2CCOCC2)c([N+](=O)[O-])c1. The van der Waals surface area contributed by atoms with Crippen LogP contribution in [0.5, 0.6) is 0 Å². The smallest absolute Gasteiger partial charge is 0.293 e. The fourth-order valence-electron chi connectivity index (χ4n) is 2.74. The third-order valence-corrected chi connectivity index (χ3v) is 4.02. The Kier molecular flexibility index (Phi) is 5.30. The van der Waals surface area contributed by atoms with Crippen molar-refractivity contribution in [2.75, 3.05) is 37.7 Å². The van der Waals surface area contributed by atoms with Crippen LogP contribution in [0.2, 0.25) is 0 Å². The lowest BCUT2D eigenvalue weighted by Crippen LogP contribution is -2.36. The van der Waals surface area contributed by atoms with Crippen LogP contribution in [0.3, 0.4) is 0 Å². The summed E-state index contributed by atoms with van der Waals surface area (Å²) in [6.45, 7) is 2.65. The molecule has 0 aliphatic carbocycles. The van der Waals surface area contributed by atoms with Crippen LogP contribution in [-0.2, 0) is 11.2 Å². The molecule has 1 N–H and O–H groups in total. The van der Waals surface area contributed by atoms with Crippen molar-refractivity contribution in [2.45, 2.75) is 6.42 Å². The molecule has 1 aliphatic heterocycles. The quantitative estimate of drug-likeness (QED) is 0.635. The van der Waals surface area contributed by atoms with Crippen molar-refractivity contribution in [3.63, 3.8) is 0 Å². The third kappa shape index (κ3) is 4.16. The van der Waals surface area contributed by atoms with Gasteiger partial charge in [0.15, 0.2) is 0 Å². The second-order valence-corrected chi connectivity index (χ2v) is 5.65. The van der Waals surface area contributed by atoms with Crippen LogP contribution in [0.25, 0.3) is 0 Å². The van der Waals surface area contributed by atoms with E-state index in [-0.39, 0.29) is 17.2 Å². The molecule has 1 aliphatic rings. The van der Waals surface area contributed by atoms with E-state index < -0.39 is 4.92 Å². The molecular formula is C17H19N3O5. The average Bonchev–Trinajstić information content (AvgIpc) is 3.15. The molecule has 25 heavy (non-hydrogen) atoms. The van der Waals surface area contributed by atoms with Gasteiger partial charge in [0.1, 0.15) is 11.4 Å². The molecule has 0 saturated carbocycles. The number of benzene rings is 1. The van der Waals surface area contributed by atoms with Gasteiger partial charge < -0.3 is 19.4 Å². The molecule has 1 fully saturated rings. The van der Waals surface area contributed by atoms with Crippen LogP contribution in [0.15, 0.2) is 41.0 Å². The number of rotatable bonds is 6. The fourth-order valence-corrected chi connectivity index (χ4v) is 2.74. The predicted molar refractivity (Wildman–Crippen MR) is 90.9 cm³/mol. The molecule has 132 valence electrons. The predicted octanol–water partition coefficient (Wildman–Crippen LogP) is 2.00. The lowest BCUT2D eigenvalue weighted by molar-refractivity contribution is -0.384. The highest BCUT2D eigenvalue weighted by atomic mass is 16.6. The number of amides is 1. The number of nitrogens with one attached hydrogen (secondary N) is 1. The summed E-state index contributed by atoms with van der Waals surface area (Å²) in [5.74, 6) is 0.428. The van der Waals surface area contributed by atoms with E-state index in [4.69, 9.17) is 9.15 Å². The number of nitro groups is 1. The van der Waals surface area contributed by atoms with Gasteiger partial charge in [0.25, 0.3) is 11.6 Å². The largest absolute Gasteiger partial charge is 0.469 e. The first-order valence-corrected chi connectivity index (χ1v) is 8.07. The van der Waals surface area contributed by atoms with Gasteiger partial charge in [-0.05, 0) is 24.3 Å². The Balaban J connectivity index is 1.69. The zero-order chi connectivity index (χ0) is 17.6. The molecular weight excluding hydrogens is 326 g/mol. The molecule has 0 unspecified atom stereocenters. The first kappa shape index (κ1) is 17.0. The Bertz CT molecular complexity index is 739. The summed E-state index contributed by atoms with van der Waals surface area (Å²) in [5.41, 5.74) is 0.712. The molecule has 0 atom stereocenters. The molecule has 2 heterocycles. The third-order valence-electron chi connectivity index (χ3n) is 4.02. The van der Waals surface area contributed by atoms with Gasteiger partial charge in [-0.1, -0.05) is 0 Å². The molecule has 1 amide bonds. The van der Waals surface area contributed by atoms with Crippen molar-refractivity contribution in [2.24, 2.45) is 0 Å². The lowest BCUT2D eigenvalue weighted by atomic mass is 10.1. The first-order chi connectivity index (χ1) is 12.1. The van der Waals surface area contributed by atoms with Gasteiger partial charge in [0, 0.05) is 37.7 Å². The highest BCUT2D eigenvalue weighted by Gasteiger charge is 2.23. The second kappa shape index (κ2) is 7.80. The maximum absolute atomic E-state index is 12.2. The minimum atomic E-state index is -0.454. The summed E-state index contributed by atoms with van der Waals surface area (Å²) in [6, 6.07) is 8.18. The van der Waals surface area contributed by atoms with Gasteiger partial charge in [0.2, 0.25) is 0 Å². The average molecular weight is 345 g/mol. The fraction of sp³-hybridized carbons (Fsp3) is 0.353. The van der Waals surface area contributed by atoms with Crippen molar-refractivity contribution in [1.82, 2.24) is 5.32 Å². The zero-order valence-corrected chi connectivity index (χ0v) is 13.6. The topological polar surface area (TPSA) is 97.9 Å². The number of nitro benzene ring substituents is 1. The van der Waals surface area contributed by atoms with E-state index in [2.05, 4.69) is 5.32 Å². The Morgan fingerprint density at radius 1 is 1.28 bits per heavy atom. The van der Waals surface area contributed by atoms with E-state index in [0.29, 0.717) is 45.0 Å². The maximum atomic E-state index is 12.2. The molecule has 8 nitrogen and oxygen atoms in total. The number of hydrogen-bond acceptors (Lipinski definition) is 6. The number of hydrogen-bond donors (Lipinski definition) is 1. The molecule has 1 aromatic heterocycles. The van der Waals surface area contributed by atoms with E-state index in [1.54, 1.807) is 24.5 Å². The van der Waals surface area contributed by atoms with Gasteiger partial charge in [0.05, 0.1) is 24.4 Å². The summed E-state index contributed by atoms with van der Waals surface area (Å²) in [6.07, 6.45) is 2.14. The van der Waals surface area contributed by atoms with Crippen molar-refractivity contribution in [3.05, 3.63) is 58.0 Å². The van der Waals surface area contributed by atoms with E-state index in [1.807, 2.05) is 11.0 Å². The Labute approximate surface area is 144 Å². The monoisotopic (exact) mass is 345 g/mol. The molecule has 2 aromatic rings. The normalized spacial score (nSPS) is 14.3. The molecule has 0 spiro atoms. The van der Waals surface area contributed by atoms with Gasteiger partial charge in [-0.3, -0.25) is 14.9 Å². The minimum absolute atomic E-state index is 0.0689. The van der Waals surface area contributed by atoms with Crippen LogP contribution in [0.1, 0.15) is 16.1 Å². The standard InChI is InChI=1S/C17H19N3O5/c21-17(18-6-5-14-2-1-9-25-14)13-3-4-15(16(12-13)20(22)23)19-7-10-24-11-8-19/h1-4,9,12H,5-8,10-11H2,(H,18,21). The highest BCUT2D eigenvalue weighted by Crippen LogP contribution is 2.29. The number of carbonyl (C=O) groups is 1. The molecule has 0 radical (unpaired) electrons. The minimum Gasteiger partial charge on any atom is -0.469 e. The van der Waals surface area contributed by atoms with Crippen LogP contribution in [0.4, 0.5) is 11.4 Å². The number of nitrogens with zero attached hydrogens (tertiary/aromatic N) is 2. The molecule has 3 rings (SSSR count). The summed E-state index contributed by atoms with van der Waals surface area (Å²) in [4.78, 5) is 25.1. The van der Waals surface area contributed by atoms with Crippen molar-refractivity contribution in [1.29, 1.82) is 0 Å². The molecule has 1 aromatic carbocycles. The number of morpholine rings is 1. The van der Waals surface area contributed by atoms with Crippen LogP contribution >= 0.6 is 0 Å². The Morgan fingerprint density at radius 3 is 2.76 bits per heavy atom. The van der Waals surface area contributed by atoms with Crippen molar-refractivity contribution in [3.8, 4) is 0 Å². The van der Waals surface area contributed by atoms with Gasteiger partial charge >= 0.3 is 0 Å². The van der Waals surface area contributed by atoms with E-state index >= 15 is 0 Å². The highest BCUT2D eigenvalue weighted by molar-refractivity contribution is 5.95. The molecule has 8 heteroatoms. The van der Waals surface area contributed by atoms with Gasteiger partial charge in [-0.2, -0.15) is 0 Å². The number of carbonyl (C=O) groups excluding carboxylic acids is 1. The van der Waals surface area contributed by atoms with E-state index in [9.17, 15) is 14.9 Å². The maximum Gasteiger partial charge on any atom is 0.293 e. The summed E-state index contributed by atoms with van der Waals surface area (Å²) >= 11 is 0. The summed E-state index contributed by atoms with van der Waals surface area (Å²) in [7, 11) is 0. The van der Waals surface area contributed by atoms with Crippen LogP contribution in [-0.4, -0.2) is 43.7 Å². The molecule has 0 bridgehead atoms. The van der Waals surface area contributed by atoms with Gasteiger partial charge in [-0.15, -0.1) is 0 Å². The van der Waals surface area contributed by atoms with E-state index in [1.165, 1.54) is 6.07 Å². The van der Waals surface area contributed by atoms with Gasteiger partial charge in [-0.25, -0.2) is 0 Å². The first-order valence-electron chi connectivity index (χ1n) is 8.07. The Hall–Kier alpha value is -2.87. The number of anilines is 1. The van der Waals surface area contributed by atoms with Crippen molar-refractivity contribution >= 4 is 17.3 Å². The lowest BCUT2D eigenvalue weighted by Gasteiger charge is -2.28. The number of ether oxygens (including phenoxy) is 1. The second-order valence-electron chi connectivity index (χ2n) is 5.65. The zero-order valence-electron chi connectivity index (χ0n) is 13.6. The van der Waals surface area contributed by atoms with Crippen LogP contribution < -0.4 is 10.2 Å². The van der Waals surface area contributed by atoms with Crippen molar-refractivity contribution < 1.29 is 18.9 Å². The van der Waals surface area contributed by atoms with Crippen LogP contribution in [0, 0.1) is 10.1 Å². The Morgan fingerprint density at radius 2 is 2.08 bits per heavy atom. The summed E-state index contributed by atoms with van der Waals surface area (Å²) in [5, 5.41) is 14.2. The number of furan rings is 1. The summed E-state index contributed by atoms with van der Waals surface area (Å²) < 4.78 is 10.5. The van der Waals surface area contributed by atoms with E-state index in [0.717, 1.165) is 5.76 Å².